The van der Waals surface area contributed by atoms with Gasteiger partial charge in [0.2, 0.25) is 5.91 Å². The molecule has 0 unspecified atom stereocenters. The molecule has 1 aromatic rings. The summed E-state index contributed by atoms with van der Waals surface area (Å²) in [5.74, 6) is 1.48. The molecular formula is C18H32N4O2. The monoisotopic (exact) mass is 336 g/mol. The third kappa shape index (κ3) is 5.80. The molecule has 1 aliphatic heterocycles. The van der Waals surface area contributed by atoms with Crippen LogP contribution in [0.1, 0.15) is 71.0 Å². The normalized spacial score (nSPS) is 14.5. The van der Waals surface area contributed by atoms with Crippen molar-refractivity contribution in [3.8, 4) is 0 Å². The molecule has 0 spiro atoms. The summed E-state index contributed by atoms with van der Waals surface area (Å²) in [6.45, 7) is 5.94. The first-order chi connectivity index (χ1) is 11.6. The number of carbonyl (C=O) groups excluding carboxylic acids is 1. The number of aromatic nitrogens is 3. The quantitative estimate of drug-likeness (QED) is 0.704. The Bertz CT molecular complexity index is 574. The van der Waals surface area contributed by atoms with Gasteiger partial charge < -0.3 is 5.32 Å². The van der Waals surface area contributed by atoms with Gasteiger partial charge in [-0.05, 0) is 25.2 Å². The second-order valence-corrected chi connectivity index (χ2v) is 7.27. The van der Waals surface area contributed by atoms with Gasteiger partial charge in [-0.3, -0.25) is 9.36 Å². The molecule has 2 rings (SSSR count). The van der Waals surface area contributed by atoms with Gasteiger partial charge in [-0.15, -0.1) is 0 Å². The Morgan fingerprint density at radius 2 is 1.96 bits per heavy atom. The second kappa shape index (κ2) is 9.64. The summed E-state index contributed by atoms with van der Waals surface area (Å²) >= 11 is 0. The zero-order chi connectivity index (χ0) is 17.4. The SMILES string of the molecule is CC(C)CCCCCCNC(=O)Cn1nc2n(c1=O)CCCCC2. The lowest BCUT2D eigenvalue weighted by Crippen LogP contribution is -2.34. The van der Waals surface area contributed by atoms with Gasteiger partial charge in [-0.1, -0.05) is 46.0 Å². The van der Waals surface area contributed by atoms with Gasteiger partial charge in [0.05, 0.1) is 0 Å². The van der Waals surface area contributed by atoms with Crippen LogP contribution in [0.4, 0.5) is 0 Å². The van der Waals surface area contributed by atoms with Crippen molar-refractivity contribution < 1.29 is 4.79 Å². The zero-order valence-electron chi connectivity index (χ0n) is 15.2. The topological polar surface area (TPSA) is 68.9 Å². The summed E-state index contributed by atoms with van der Waals surface area (Å²) in [5, 5.41) is 7.24. The molecule has 24 heavy (non-hydrogen) atoms. The van der Waals surface area contributed by atoms with Gasteiger partial charge in [-0.2, -0.15) is 5.10 Å². The van der Waals surface area contributed by atoms with E-state index in [0.717, 1.165) is 56.8 Å². The third-order valence-corrected chi connectivity index (χ3v) is 4.61. The highest BCUT2D eigenvalue weighted by Gasteiger charge is 2.16. The number of unbranched alkanes of at least 4 members (excludes halogenated alkanes) is 3. The Hall–Kier alpha value is -1.59. The molecular weight excluding hydrogens is 304 g/mol. The molecule has 6 heteroatoms. The second-order valence-electron chi connectivity index (χ2n) is 7.27. The van der Waals surface area contributed by atoms with Crippen molar-refractivity contribution in [2.75, 3.05) is 6.54 Å². The van der Waals surface area contributed by atoms with E-state index in [2.05, 4.69) is 24.3 Å². The molecule has 1 aromatic heterocycles. The van der Waals surface area contributed by atoms with Crippen LogP contribution in [0.3, 0.4) is 0 Å². The molecule has 0 saturated carbocycles. The van der Waals surface area contributed by atoms with E-state index < -0.39 is 0 Å². The predicted molar refractivity (Wildman–Crippen MR) is 95.0 cm³/mol. The number of hydrogen-bond acceptors (Lipinski definition) is 3. The van der Waals surface area contributed by atoms with Gasteiger partial charge in [0.1, 0.15) is 12.4 Å². The first-order valence-corrected chi connectivity index (χ1v) is 9.51. The first kappa shape index (κ1) is 18.7. The van der Waals surface area contributed by atoms with Crippen LogP contribution in [0.25, 0.3) is 0 Å². The predicted octanol–water partition coefficient (Wildman–Crippen LogP) is 2.49. The third-order valence-electron chi connectivity index (χ3n) is 4.61. The Morgan fingerprint density at radius 3 is 2.75 bits per heavy atom. The fourth-order valence-electron chi connectivity index (χ4n) is 3.18. The van der Waals surface area contributed by atoms with Crippen molar-refractivity contribution >= 4 is 5.91 Å². The minimum atomic E-state index is -0.143. The molecule has 0 radical (unpaired) electrons. The van der Waals surface area contributed by atoms with Crippen molar-refractivity contribution in [1.29, 1.82) is 0 Å². The lowest BCUT2D eigenvalue weighted by atomic mass is 10.0. The first-order valence-electron chi connectivity index (χ1n) is 9.51. The van der Waals surface area contributed by atoms with Crippen LogP contribution in [-0.4, -0.2) is 26.8 Å². The zero-order valence-corrected chi connectivity index (χ0v) is 15.2. The van der Waals surface area contributed by atoms with Crippen LogP contribution in [0, 0.1) is 5.92 Å². The van der Waals surface area contributed by atoms with E-state index in [-0.39, 0.29) is 18.1 Å². The summed E-state index contributed by atoms with van der Waals surface area (Å²) in [6.07, 6.45) is 9.97. The average Bonchev–Trinajstić information content (AvgIpc) is 2.72. The summed E-state index contributed by atoms with van der Waals surface area (Å²) in [5.41, 5.74) is -0.143. The molecule has 0 bridgehead atoms. The maximum absolute atomic E-state index is 12.3. The highest BCUT2D eigenvalue weighted by molar-refractivity contribution is 5.75. The fourth-order valence-corrected chi connectivity index (χ4v) is 3.18. The van der Waals surface area contributed by atoms with Crippen LogP contribution >= 0.6 is 0 Å². The Balaban J connectivity index is 1.69. The number of rotatable bonds is 9. The maximum Gasteiger partial charge on any atom is 0.346 e. The van der Waals surface area contributed by atoms with Crippen LogP contribution in [0.2, 0.25) is 0 Å². The van der Waals surface area contributed by atoms with Gasteiger partial charge in [-0.25, -0.2) is 9.48 Å². The van der Waals surface area contributed by atoms with E-state index in [9.17, 15) is 9.59 Å². The number of fused-ring (bicyclic) bond motifs is 1. The molecule has 1 N–H and O–H groups in total. The van der Waals surface area contributed by atoms with Crippen molar-refractivity contribution in [2.24, 2.45) is 5.92 Å². The molecule has 2 heterocycles. The number of hydrogen-bond donors (Lipinski definition) is 1. The molecule has 0 saturated heterocycles. The average molecular weight is 336 g/mol. The van der Waals surface area contributed by atoms with E-state index in [1.807, 2.05) is 0 Å². The number of aryl methyl sites for hydroxylation is 1. The van der Waals surface area contributed by atoms with E-state index >= 15 is 0 Å². The lowest BCUT2D eigenvalue weighted by molar-refractivity contribution is -0.121. The summed E-state index contributed by atoms with van der Waals surface area (Å²) in [6, 6.07) is 0. The van der Waals surface area contributed by atoms with Crippen LogP contribution in [0.5, 0.6) is 0 Å². The van der Waals surface area contributed by atoms with Gasteiger partial charge >= 0.3 is 5.69 Å². The summed E-state index contributed by atoms with van der Waals surface area (Å²) in [4.78, 5) is 24.3. The lowest BCUT2D eigenvalue weighted by Gasteiger charge is -2.06. The Labute approximate surface area is 144 Å². The molecule has 0 atom stereocenters. The van der Waals surface area contributed by atoms with E-state index in [0.29, 0.717) is 6.54 Å². The van der Waals surface area contributed by atoms with Gasteiger partial charge in [0, 0.05) is 19.5 Å². The molecule has 0 fully saturated rings. The van der Waals surface area contributed by atoms with Gasteiger partial charge in [0.25, 0.3) is 0 Å². The Kier molecular flexibility index (Phi) is 7.53. The highest BCUT2D eigenvalue weighted by atomic mass is 16.2. The van der Waals surface area contributed by atoms with Crippen molar-refractivity contribution in [1.82, 2.24) is 19.7 Å². The minimum absolute atomic E-state index is 0.0339. The summed E-state index contributed by atoms with van der Waals surface area (Å²) in [7, 11) is 0. The standard InChI is InChI=1S/C18H32N4O2/c1-15(2)10-6-3-4-8-12-19-17(23)14-22-18(24)21-13-9-5-7-11-16(21)20-22/h15H,3-14H2,1-2H3,(H,19,23). The molecule has 6 nitrogen and oxygen atoms in total. The molecule has 0 aliphatic carbocycles. The maximum atomic E-state index is 12.3. The smallest absolute Gasteiger partial charge is 0.346 e. The molecule has 136 valence electrons. The molecule has 1 aliphatic rings. The largest absolute Gasteiger partial charge is 0.354 e. The van der Waals surface area contributed by atoms with E-state index in [4.69, 9.17) is 0 Å². The van der Waals surface area contributed by atoms with Crippen molar-refractivity contribution in [3.05, 3.63) is 16.3 Å². The Morgan fingerprint density at radius 1 is 1.17 bits per heavy atom. The van der Waals surface area contributed by atoms with Crippen molar-refractivity contribution in [2.45, 2.75) is 84.7 Å². The number of carbonyl (C=O) groups is 1. The van der Waals surface area contributed by atoms with E-state index in [1.54, 1.807) is 4.57 Å². The molecule has 0 aromatic carbocycles. The number of nitrogens with one attached hydrogen (secondary N) is 1. The van der Waals surface area contributed by atoms with Crippen molar-refractivity contribution in [3.63, 3.8) is 0 Å². The number of amides is 1. The number of nitrogens with zero attached hydrogens (tertiary/aromatic N) is 3. The van der Waals surface area contributed by atoms with E-state index in [1.165, 1.54) is 23.9 Å². The molecule has 1 amide bonds. The van der Waals surface area contributed by atoms with Crippen LogP contribution < -0.4 is 11.0 Å². The van der Waals surface area contributed by atoms with Crippen LogP contribution in [0.15, 0.2) is 4.79 Å². The van der Waals surface area contributed by atoms with Gasteiger partial charge in [0.15, 0.2) is 0 Å². The fraction of sp³-hybridized carbons (Fsp3) is 0.833. The summed E-state index contributed by atoms with van der Waals surface area (Å²) < 4.78 is 3.05. The van der Waals surface area contributed by atoms with Crippen LogP contribution in [-0.2, 0) is 24.3 Å². The highest BCUT2D eigenvalue weighted by Crippen LogP contribution is 2.10. The minimum Gasteiger partial charge on any atom is -0.354 e.